The number of aromatic hydroxyl groups is 1. The molecule has 0 unspecified atom stereocenters. The predicted molar refractivity (Wildman–Crippen MR) is 159 cm³/mol. The number of thiophene rings is 1. The third-order valence-corrected chi connectivity index (χ3v) is 10.8. The third-order valence-electron chi connectivity index (χ3n) is 9.86. The predicted octanol–water partition coefficient (Wildman–Crippen LogP) is 5.52. The Kier molecular flexibility index (Phi) is 6.79. The fourth-order valence-electron chi connectivity index (χ4n) is 8.52. The van der Waals surface area contributed by atoms with Gasteiger partial charge in [0.25, 0.3) is 5.91 Å². The quantitative estimate of drug-likeness (QED) is 0.412. The molecule has 1 aromatic carbocycles. The summed E-state index contributed by atoms with van der Waals surface area (Å²) in [6.45, 7) is 5.47. The van der Waals surface area contributed by atoms with E-state index < -0.39 is 0 Å². The van der Waals surface area contributed by atoms with E-state index in [9.17, 15) is 9.90 Å². The molecule has 1 amide bonds. The molecule has 1 aliphatic heterocycles. The Labute approximate surface area is 240 Å². The normalized spacial score (nSPS) is 27.7. The minimum Gasteiger partial charge on any atom is -0.508 e. The summed E-state index contributed by atoms with van der Waals surface area (Å²) < 4.78 is 0. The monoisotopic (exact) mass is 557 g/mol. The molecule has 7 nitrogen and oxygen atoms in total. The maximum absolute atomic E-state index is 13.3. The van der Waals surface area contributed by atoms with Gasteiger partial charge in [-0.05, 0) is 109 Å². The number of anilines is 1. The first-order chi connectivity index (χ1) is 19.4. The minimum absolute atomic E-state index is 0.000599. The van der Waals surface area contributed by atoms with Crippen LogP contribution in [0.2, 0.25) is 0 Å². The van der Waals surface area contributed by atoms with Crippen molar-refractivity contribution in [2.45, 2.75) is 45.1 Å². The number of nitrogens with zero attached hydrogens (tertiary/aromatic N) is 5. The summed E-state index contributed by atoms with van der Waals surface area (Å²) in [5, 5.41) is 20.8. The Morgan fingerprint density at radius 2 is 1.70 bits per heavy atom. The van der Waals surface area contributed by atoms with Crippen LogP contribution < -0.4 is 4.90 Å². The van der Waals surface area contributed by atoms with Gasteiger partial charge in [-0.15, -0.1) is 21.5 Å². The van der Waals surface area contributed by atoms with Gasteiger partial charge >= 0.3 is 0 Å². The third kappa shape index (κ3) is 5.23. The van der Waals surface area contributed by atoms with E-state index in [2.05, 4.69) is 31.4 Å². The smallest absolute Gasteiger partial charge is 0.274 e. The lowest BCUT2D eigenvalue weighted by molar-refractivity contribution is -0.0629. The Morgan fingerprint density at radius 1 is 0.975 bits per heavy atom. The van der Waals surface area contributed by atoms with E-state index >= 15 is 0 Å². The van der Waals surface area contributed by atoms with E-state index in [4.69, 9.17) is 0 Å². The van der Waals surface area contributed by atoms with Crippen molar-refractivity contribution in [3.05, 3.63) is 58.4 Å². The first-order valence-electron chi connectivity index (χ1n) is 14.8. The zero-order valence-electron chi connectivity index (χ0n) is 23.3. The largest absolute Gasteiger partial charge is 0.508 e. The Bertz CT molecular complexity index is 1330. The molecule has 4 bridgehead atoms. The summed E-state index contributed by atoms with van der Waals surface area (Å²) in [4.78, 5) is 21.3. The summed E-state index contributed by atoms with van der Waals surface area (Å²) in [5.41, 5.74) is 2.99. The number of aromatic nitrogens is 2. The van der Waals surface area contributed by atoms with E-state index in [-0.39, 0.29) is 5.91 Å². The number of hydrogen-bond donors (Lipinski definition) is 1. The number of carbonyl (C=O) groups is 1. The van der Waals surface area contributed by atoms with Gasteiger partial charge < -0.3 is 14.9 Å². The number of piperazine rings is 1. The number of hydrogen-bond acceptors (Lipinski definition) is 7. The van der Waals surface area contributed by atoms with Crippen LogP contribution in [0, 0.1) is 23.2 Å². The van der Waals surface area contributed by atoms with Crippen LogP contribution >= 0.6 is 11.3 Å². The van der Waals surface area contributed by atoms with E-state index in [1.165, 1.54) is 43.4 Å². The average molecular weight is 558 g/mol. The number of carbonyl (C=O) groups excluding carboxylic acids is 1. The van der Waals surface area contributed by atoms with E-state index in [1.54, 1.807) is 17.4 Å². The van der Waals surface area contributed by atoms with Gasteiger partial charge in [0, 0.05) is 51.2 Å². The van der Waals surface area contributed by atoms with Crippen LogP contribution in [0.4, 0.5) is 5.82 Å². The van der Waals surface area contributed by atoms with Gasteiger partial charge in [-0.2, -0.15) is 0 Å². The van der Waals surface area contributed by atoms with E-state index in [0.29, 0.717) is 16.9 Å². The molecule has 0 radical (unpaired) electrons. The van der Waals surface area contributed by atoms with Crippen molar-refractivity contribution < 1.29 is 9.90 Å². The number of amides is 1. The van der Waals surface area contributed by atoms with Crippen LogP contribution in [0.5, 0.6) is 5.75 Å². The van der Waals surface area contributed by atoms with Gasteiger partial charge in [-0.3, -0.25) is 9.69 Å². The van der Waals surface area contributed by atoms with Crippen molar-refractivity contribution in [2.24, 2.45) is 23.2 Å². The fourth-order valence-corrected chi connectivity index (χ4v) is 9.45. The highest BCUT2D eigenvalue weighted by Gasteiger charge is 2.51. The summed E-state index contributed by atoms with van der Waals surface area (Å²) in [6, 6.07) is 13.5. The molecule has 5 aliphatic rings. The molecule has 5 fully saturated rings. The van der Waals surface area contributed by atoms with E-state index in [0.717, 1.165) is 74.0 Å². The molecular weight excluding hydrogens is 518 g/mol. The Balaban J connectivity index is 0.918. The number of phenols is 1. The maximum Gasteiger partial charge on any atom is 0.274 e. The van der Waals surface area contributed by atoms with Gasteiger partial charge in [0.2, 0.25) is 0 Å². The van der Waals surface area contributed by atoms with Gasteiger partial charge in [-0.25, -0.2) is 0 Å². The van der Waals surface area contributed by atoms with Crippen LogP contribution in [-0.4, -0.2) is 70.8 Å². The summed E-state index contributed by atoms with van der Waals surface area (Å²) in [6.07, 6.45) is 8.18. The lowest BCUT2D eigenvalue weighted by atomic mass is 9.49. The average Bonchev–Trinajstić information content (AvgIpc) is 3.41. The minimum atomic E-state index is 0.000599. The molecule has 4 saturated carbocycles. The molecule has 1 saturated heterocycles. The standard InChI is InChI=1S/C32H39N5O2S/c1-35(21-32-16-22-11-23(17-32)13-24(12-22)18-32)31(39)29-5-6-30(34-33-29)37-9-7-36(8-10-37)19-28-15-26(20-40-28)25-3-2-4-27(38)14-25/h2-6,14-15,20,22-24,38H,7-13,16-19,21H2,1H3. The highest BCUT2D eigenvalue weighted by Crippen LogP contribution is 2.60. The SMILES string of the molecule is CN(CC12CC3CC(CC(C3)C1)C2)C(=O)c1ccc(N2CCN(Cc3cc(-c4cccc(O)c4)cs3)CC2)nn1. The maximum atomic E-state index is 13.3. The zero-order chi connectivity index (χ0) is 27.3. The Hall–Kier alpha value is -2.97. The summed E-state index contributed by atoms with van der Waals surface area (Å²) in [7, 11) is 1.95. The van der Waals surface area contributed by atoms with Crippen molar-refractivity contribution in [2.75, 3.05) is 44.7 Å². The first kappa shape index (κ1) is 26.0. The number of rotatable bonds is 7. The van der Waals surface area contributed by atoms with Gasteiger partial charge in [-0.1, -0.05) is 12.1 Å². The lowest BCUT2D eigenvalue weighted by Gasteiger charge is -2.57. The number of phenolic OH excluding ortho intramolecular Hbond substituents is 1. The van der Waals surface area contributed by atoms with Crippen molar-refractivity contribution in [3.8, 4) is 16.9 Å². The molecule has 8 heteroatoms. The van der Waals surface area contributed by atoms with Crippen LogP contribution in [0.3, 0.4) is 0 Å². The van der Waals surface area contributed by atoms with Gasteiger partial charge in [0.05, 0.1) is 0 Å². The Morgan fingerprint density at radius 3 is 2.35 bits per heavy atom. The van der Waals surface area contributed by atoms with Crippen LogP contribution in [0.1, 0.15) is 53.9 Å². The molecule has 3 aromatic rings. The lowest BCUT2D eigenvalue weighted by Crippen LogP contribution is -2.51. The van der Waals surface area contributed by atoms with Crippen molar-refractivity contribution in [3.63, 3.8) is 0 Å². The van der Waals surface area contributed by atoms with E-state index in [1.807, 2.05) is 42.3 Å². The molecule has 1 N–H and O–H groups in total. The fraction of sp³-hybridized carbons (Fsp3) is 0.531. The first-order valence-corrected chi connectivity index (χ1v) is 15.7. The van der Waals surface area contributed by atoms with Crippen LogP contribution in [0.25, 0.3) is 11.1 Å². The van der Waals surface area contributed by atoms with Crippen LogP contribution in [-0.2, 0) is 6.54 Å². The van der Waals surface area contributed by atoms with Gasteiger partial charge in [0.1, 0.15) is 5.75 Å². The molecule has 4 aliphatic carbocycles. The highest BCUT2D eigenvalue weighted by atomic mass is 32.1. The summed E-state index contributed by atoms with van der Waals surface area (Å²) >= 11 is 1.77. The van der Waals surface area contributed by atoms with Crippen LogP contribution in [0.15, 0.2) is 47.8 Å². The second-order valence-electron chi connectivity index (χ2n) is 13.0. The topological polar surface area (TPSA) is 72.8 Å². The van der Waals surface area contributed by atoms with Crippen molar-refractivity contribution in [1.82, 2.24) is 20.0 Å². The molecule has 210 valence electrons. The molecular formula is C32H39N5O2S. The number of benzene rings is 1. The van der Waals surface area contributed by atoms with Gasteiger partial charge in [0.15, 0.2) is 11.5 Å². The highest BCUT2D eigenvalue weighted by molar-refractivity contribution is 7.10. The molecule has 40 heavy (non-hydrogen) atoms. The zero-order valence-corrected chi connectivity index (χ0v) is 24.2. The molecule has 8 rings (SSSR count). The molecule has 0 spiro atoms. The second kappa shape index (κ2) is 10.5. The summed E-state index contributed by atoms with van der Waals surface area (Å²) in [5.74, 6) is 3.82. The molecule has 3 heterocycles. The van der Waals surface area contributed by atoms with Crippen molar-refractivity contribution >= 4 is 23.1 Å². The van der Waals surface area contributed by atoms with Crippen molar-refractivity contribution in [1.29, 1.82) is 0 Å². The second-order valence-corrected chi connectivity index (χ2v) is 14.0. The molecule has 0 atom stereocenters. The molecule has 2 aromatic heterocycles.